The Bertz CT molecular complexity index is 1270. The molecule has 4 nitrogen and oxygen atoms in total. The monoisotopic (exact) mass is 914 g/mol. The number of amides is 1. The van der Waals surface area contributed by atoms with Gasteiger partial charge in [-0.1, -0.05) is 277 Å². The molecule has 0 aromatic rings. The summed E-state index contributed by atoms with van der Waals surface area (Å²) in [6.45, 7) is 4.24. The number of nitrogens with one attached hydrogen (secondary N) is 1. The Morgan fingerprint density at radius 1 is 0.379 bits per heavy atom. The standard InChI is InChI=1S/C62H107NO3/c1-3-5-7-9-11-13-15-17-19-20-21-22-23-24-25-26-27-28-29-30-31-32-33-34-35-36-37-38-39-40-41-42-44-46-48-50-52-54-56-58-62(66)63-60(59-64)61(65)57-55-53-51-49-47-45-43-18-16-14-12-10-8-6-4-2/h5,7,11,13,17,19,21-22,24-25,27-28,30-31,33-34,36-37,60-61,64-65H,3-4,6,8-10,12,14-16,18,20,23,26,29,32,35,38-59H2,1-2H3,(H,63,66)/b7-5-,13-11-,19-17-,22-21-,25-24-,28-27-,31-30-,34-33-,37-36-. The number of hydrogen-bond donors (Lipinski definition) is 3. The predicted molar refractivity (Wildman–Crippen MR) is 294 cm³/mol. The van der Waals surface area contributed by atoms with E-state index in [9.17, 15) is 15.0 Å². The van der Waals surface area contributed by atoms with Gasteiger partial charge in [-0.05, 0) is 83.5 Å². The fourth-order valence-corrected chi connectivity index (χ4v) is 8.06. The summed E-state index contributed by atoms with van der Waals surface area (Å²) in [7, 11) is 0. The van der Waals surface area contributed by atoms with Crippen molar-refractivity contribution in [2.75, 3.05) is 6.61 Å². The van der Waals surface area contributed by atoms with E-state index in [0.29, 0.717) is 12.8 Å². The molecule has 2 unspecified atom stereocenters. The molecule has 378 valence electrons. The minimum atomic E-state index is -0.666. The van der Waals surface area contributed by atoms with Crippen LogP contribution in [0, 0.1) is 0 Å². The molecular formula is C62H107NO3. The summed E-state index contributed by atoms with van der Waals surface area (Å²) in [5.74, 6) is -0.0377. The second kappa shape index (κ2) is 56.4. The number of carbonyl (C=O) groups excluding carboxylic acids is 1. The molecule has 0 bridgehead atoms. The quantitative estimate of drug-likeness (QED) is 0.0421. The molecule has 3 N–H and O–H groups in total. The van der Waals surface area contributed by atoms with Gasteiger partial charge in [-0.25, -0.2) is 0 Å². The van der Waals surface area contributed by atoms with Crippen LogP contribution in [0.3, 0.4) is 0 Å². The first-order valence-electron chi connectivity index (χ1n) is 28.1. The Hall–Kier alpha value is -2.95. The fourth-order valence-electron chi connectivity index (χ4n) is 8.06. The smallest absolute Gasteiger partial charge is 0.220 e. The number of aliphatic hydroxyl groups is 2. The Labute approximate surface area is 410 Å². The Morgan fingerprint density at radius 3 is 1.00 bits per heavy atom. The van der Waals surface area contributed by atoms with Crippen LogP contribution < -0.4 is 5.32 Å². The summed E-state index contributed by atoms with van der Waals surface area (Å²) >= 11 is 0. The van der Waals surface area contributed by atoms with Gasteiger partial charge in [0.1, 0.15) is 0 Å². The summed E-state index contributed by atoms with van der Waals surface area (Å²) in [5.41, 5.74) is 0. The normalized spacial score (nSPS) is 13.7. The zero-order valence-electron chi connectivity index (χ0n) is 43.4. The van der Waals surface area contributed by atoms with Crippen molar-refractivity contribution in [3.05, 3.63) is 109 Å². The molecule has 66 heavy (non-hydrogen) atoms. The molecule has 0 aliphatic carbocycles. The molecule has 4 heteroatoms. The van der Waals surface area contributed by atoms with Crippen molar-refractivity contribution < 1.29 is 15.0 Å². The molecular weight excluding hydrogens is 807 g/mol. The van der Waals surface area contributed by atoms with Gasteiger partial charge in [0.15, 0.2) is 0 Å². The lowest BCUT2D eigenvalue weighted by molar-refractivity contribution is -0.123. The first-order chi connectivity index (χ1) is 32.7. The minimum absolute atomic E-state index is 0.0377. The zero-order valence-corrected chi connectivity index (χ0v) is 43.4. The zero-order chi connectivity index (χ0) is 47.7. The van der Waals surface area contributed by atoms with Gasteiger partial charge in [-0.2, -0.15) is 0 Å². The molecule has 0 aliphatic rings. The molecule has 0 saturated heterocycles. The maximum absolute atomic E-state index is 12.5. The number of hydrogen-bond acceptors (Lipinski definition) is 3. The number of carbonyl (C=O) groups is 1. The van der Waals surface area contributed by atoms with E-state index in [2.05, 4.69) is 129 Å². The van der Waals surface area contributed by atoms with Crippen molar-refractivity contribution in [3.8, 4) is 0 Å². The Morgan fingerprint density at radius 2 is 0.667 bits per heavy atom. The molecule has 0 radical (unpaired) electrons. The highest BCUT2D eigenvalue weighted by atomic mass is 16.3. The third-order valence-electron chi connectivity index (χ3n) is 12.3. The second-order valence-corrected chi connectivity index (χ2v) is 18.6. The summed E-state index contributed by atoms with van der Waals surface area (Å²) in [6.07, 6.45) is 84.9. The first kappa shape index (κ1) is 63.0. The summed E-state index contributed by atoms with van der Waals surface area (Å²) < 4.78 is 0. The summed E-state index contributed by atoms with van der Waals surface area (Å²) in [6, 6.07) is -0.544. The van der Waals surface area contributed by atoms with Gasteiger partial charge < -0.3 is 15.5 Å². The van der Waals surface area contributed by atoms with E-state index in [4.69, 9.17) is 0 Å². The van der Waals surface area contributed by atoms with Crippen LogP contribution >= 0.6 is 0 Å². The molecule has 0 saturated carbocycles. The Balaban J connectivity index is 3.56. The highest BCUT2D eigenvalue weighted by molar-refractivity contribution is 5.76. The van der Waals surface area contributed by atoms with Crippen LogP contribution in [0.15, 0.2) is 109 Å². The lowest BCUT2D eigenvalue weighted by Gasteiger charge is -2.22. The van der Waals surface area contributed by atoms with E-state index in [-0.39, 0.29) is 12.5 Å². The summed E-state index contributed by atoms with van der Waals surface area (Å²) in [4.78, 5) is 12.5. The lowest BCUT2D eigenvalue weighted by atomic mass is 10.0. The van der Waals surface area contributed by atoms with E-state index >= 15 is 0 Å². The van der Waals surface area contributed by atoms with Gasteiger partial charge in [0.25, 0.3) is 0 Å². The van der Waals surface area contributed by atoms with Gasteiger partial charge >= 0.3 is 0 Å². The van der Waals surface area contributed by atoms with Crippen LogP contribution in [0.25, 0.3) is 0 Å². The minimum Gasteiger partial charge on any atom is -0.394 e. The lowest BCUT2D eigenvalue weighted by Crippen LogP contribution is -2.45. The molecule has 0 heterocycles. The second-order valence-electron chi connectivity index (χ2n) is 18.6. The van der Waals surface area contributed by atoms with E-state index < -0.39 is 12.1 Å². The van der Waals surface area contributed by atoms with Crippen molar-refractivity contribution in [2.45, 2.75) is 270 Å². The molecule has 0 spiro atoms. The van der Waals surface area contributed by atoms with Crippen LogP contribution in [0.1, 0.15) is 258 Å². The third kappa shape index (κ3) is 52.0. The van der Waals surface area contributed by atoms with Crippen molar-refractivity contribution in [1.82, 2.24) is 5.32 Å². The molecule has 0 aromatic carbocycles. The average Bonchev–Trinajstić information content (AvgIpc) is 3.32. The largest absolute Gasteiger partial charge is 0.394 e. The molecule has 1 amide bonds. The summed E-state index contributed by atoms with van der Waals surface area (Å²) in [5, 5.41) is 23.3. The van der Waals surface area contributed by atoms with Gasteiger partial charge in [-0.3, -0.25) is 4.79 Å². The number of aliphatic hydroxyl groups excluding tert-OH is 2. The van der Waals surface area contributed by atoms with Crippen LogP contribution in [0.4, 0.5) is 0 Å². The predicted octanol–water partition coefficient (Wildman–Crippen LogP) is 18.7. The topological polar surface area (TPSA) is 69.6 Å². The third-order valence-corrected chi connectivity index (χ3v) is 12.3. The maximum Gasteiger partial charge on any atom is 0.220 e. The van der Waals surface area contributed by atoms with Crippen LogP contribution in [0.5, 0.6) is 0 Å². The van der Waals surface area contributed by atoms with E-state index in [1.54, 1.807) is 0 Å². The highest BCUT2D eigenvalue weighted by Crippen LogP contribution is 2.16. The van der Waals surface area contributed by atoms with Gasteiger partial charge in [0.2, 0.25) is 5.91 Å². The van der Waals surface area contributed by atoms with Gasteiger partial charge in [0, 0.05) is 6.42 Å². The Kier molecular flexibility index (Phi) is 53.9. The maximum atomic E-state index is 12.5. The van der Waals surface area contributed by atoms with Crippen molar-refractivity contribution >= 4 is 5.91 Å². The number of rotatable bonds is 50. The van der Waals surface area contributed by atoms with E-state index in [0.717, 1.165) is 83.5 Å². The fraction of sp³-hybridized carbons (Fsp3) is 0.694. The molecule has 0 aliphatic heterocycles. The van der Waals surface area contributed by atoms with Crippen molar-refractivity contribution in [1.29, 1.82) is 0 Å². The first-order valence-corrected chi connectivity index (χ1v) is 28.1. The van der Waals surface area contributed by atoms with Crippen molar-refractivity contribution in [2.24, 2.45) is 0 Å². The number of allylic oxidation sites excluding steroid dienone is 18. The van der Waals surface area contributed by atoms with Crippen LogP contribution in [0.2, 0.25) is 0 Å². The van der Waals surface area contributed by atoms with Crippen molar-refractivity contribution in [3.63, 3.8) is 0 Å². The number of unbranched alkanes of at least 4 members (excludes halogenated alkanes) is 25. The van der Waals surface area contributed by atoms with E-state index in [1.165, 1.54) is 148 Å². The van der Waals surface area contributed by atoms with Crippen LogP contribution in [-0.2, 0) is 4.79 Å². The van der Waals surface area contributed by atoms with Crippen LogP contribution in [-0.4, -0.2) is 34.9 Å². The molecule has 0 rings (SSSR count). The highest BCUT2D eigenvalue weighted by Gasteiger charge is 2.20. The van der Waals surface area contributed by atoms with Gasteiger partial charge in [-0.15, -0.1) is 0 Å². The molecule has 2 atom stereocenters. The molecule has 0 aromatic heterocycles. The van der Waals surface area contributed by atoms with Gasteiger partial charge in [0.05, 0.1) is 18.8 Å². The SMILES string of the molecule is CC/C=C\C/C=C\C/C=C\C/C=C\C/C=C\C/C=C\C/C=C\C/C=C\C/C=C\CCCCCCCCCCCCCC(=O)NC(CO)C(O)CCCCCCCCCCCCCCCCC. The van der Waals surface area contributed by atoms with E-state index in [1.807, 2.05) is 0 Å². The molecule has 0 fully saturated rings. The average molecular weight is 915 g/mol.